The molecule has 0 bridgehead atoms. The first-order chi connectivity index (χ1) is 8.04. The molecule has 0 amide bonds. The van der Waals surface area contributed by atoms with E-state index in [0.717, 1.165) is 38.9 Å². The van der Waals surface area contributed by atoms with E-state index in [2.05, 4.69) is 31.0 Å². The molecule has 0 aromatic heterocycles. The van der Waals surface area contributed by atoms with Crippen molar-refractivity contribution in [2.75, 3.05) is 26.7 Å². The molecule has 0 aromatic carbocycles. The molecule has 17 heavy (non-hydrogen) atoms. The number of hydrogen-bond donors (Lipinski definition) is 1. The van der Waals surface area contributed by atoms with Crippen LogP contribution in [0.25, 0.3) is 0 Å². The third-order valence-electron chi connectivity index (χ3n) is 3.52. The number of hydrogen-bond acceptors (Lipinski definition) is 4. The summed E-state index contributed by atoms with van der Waals surface area (Å²) in [5.74, 6) is -0.107. The predicted molar refractivity (Wildman–Crippen MR) is 69.0 cm³/mol. The maximum absolute atomic E-state index is 12.1. The van der Waals surface area contributed by atoms with E-state index in [1.54, 1.807) is 0 Å². The van der Waals surface area contributed by atoms with Crippen LogP contribution in [0.15, 0.2) is 0 Å². The fourth-order valence-corrected chi connectivity index (χ4v) is 2.66. The summed E-state index contributed by atoms with van der Waals surface area (Å²) in [6.07, 6.45) is 2.75. The van der Waals surface area contributed by atoms with Crippen LogP contribution in [0.5, 0.6) is 0 Å². The lowest BCUT2D eigenvalue weighted by Crippen LogP contribution is -2.55. The van der Waals surface area contributed by atoms with Gasteiger partial charge in [-0.25, -0.2) is 0 Å². The monoisotopic (exact) mass is 242 g/mol. The van der Waals surface area contributed by atoms with Crippen molar-refractivity contribution in [1.82, 2.24) is 10.2 Å². The molecule has 4 heteroatoms. The second-order valence-electron chi connectivity index (χ2n) is 5.16. The quantitative estimate of drug-likeness (QED) is 0.757. The van der Waals surface area contributed by atoms with Gasteiger partial charge in [0.15, 0.2) is 0 Å². The van der Waals surface area contributed by atoms with Crippen molar-refractivity contribution < 1.29 is 9.53 Å². The largest absolute Gasteiger partial charge is 0.468 e. The average molecular weight is 242 g/mol. The smallest absolute Gasteiger partial charge is 0.326 e. The molecular weight excluding hydrogens is 216 g/mol. The number of ether oxygens (including phenoxy) is 1. The highest BCUT2D eigenvalue weighted by Gasteiger charge is 2.40. The van der Waals surface area contributed by atoms with Crippen LogP contribution in [-0.4, -0.2) is 49.2 Å². The molecule has 1 unspecified atom stereocenters. The molecule has 1 saturated heterocycles. The number of likely N-dealkylation sites (tertiary alicyclic amines) is 1. The lowest BCUT2D eigenvalue weighted by Gasteiger charge is -2.33. The fraction of sp³-hybridized carbons (Fsp3) is 0.923. The fourth-order valence-electron chi connectivity index (χ4n) is 2.66. The standard InChI is InChI=1S/C13H26N2O2/c1-5-15-9-6-7-13(8-10-15,12(16)17-4)14-11(2)3/h11,14H,5-10H2,1-4H3. The molecule has 0 aliphatic carbocycles. The highest BCUT2D eigenvalue weighted by molar-refractivity contribution is 5.80. The molecule has 0 saturated carbocycles. The van der Waals surface area contributed by atoms with Crippen LogP contribution in [-0.2, 0) is 9.53 Å². The zero-order valence-corrected chi connectivity index (χ0v) is 11.6. The van der Waals surface area contributed by atoms with Gasteiger partial charge in [0.1, 0.15) is 5.54 Å². The van der Waals surface area contributed by atoms with E-state index in [4.69, 9.17) is 4.74 Å². The summed E-state index contributed by atoms with van der Waals surface area (Å²) in [5.41, 5.74) is -0.479. The van der Waals surface area contributed by atoms with Crippen molar-refractivity contribution in [2.45, 2.75) is 51.6 Å². The zero-order chi connectivity index (χ0) is 12.9. The first-order valence-corrected chi connectivity index (χ1v) is 6.62. The Labute approximate surface area is 105 Å². The van der Waals surface area contributed by atoms with E-state index in [1.165, 1.54) is 7.11 Å². The van der Waals surface area contributed by atoms with Crippen LogP contribution in [0.4, 0.5) is 0 Å². The first kappa shape index (κ1) is 14.5. The lowest BCUT2D eigenvalue weighted by molar-refractivity contribution is -0.149. The Balaban J connectivity index is 2.79. The first-order valence-electron chi connectivity index (χ1n) is 6.62. The molecule has 4 nitrogen and oxygen atoms in total. The van der Waals surface area contributed by atoms with Crippen molar-refractivity contribution in [3.05, 3.63) is 0 Å². The molecule has 1 rings (SSSR count). The zero-order valence-electron chi connectivity index (χ0n) is 11.6. The highest BCUT2D eigenvalue weighted by Crippen LogP contribution is 2.24. The Morgan fingerprint density at radius 2 is 2.12 bits per heavy atom. The van der Waals surface area contributed by atoms with Crippen LogP contribution in [0.1, 0.15) is 40.0 Å². The van der Waals surface area contributed by atoms with Gasteiger partial charge in [0.2, 0.25) is 0 Å². The van der Waals surface area contributed by atoms with Gasteiger partial charge in [-0.3, -0.25) is 10.1 Å². The minimum Gasteiger partial charge on any atom is -0.468 e. The average Bonchev–Trinajstić information content (AvgIpc) is 2.50. The van der Waals surface area contributed by atoms with Gasteiger partial charge in [0.05, 0.1) is 7.11 Å². The summed E-state index contributed by atoms with van der Waals surface area (Å²) in [4.78, 5) is 14.5. The molecular formula is C13H26N2O2. The minimum atomic E-state index is -0.479. The van der Waals surface area contributed by atoms with Crippen molar-refractivity contribution in [1.29, 1.82) is 0 Å². The Hall–Kier alpha value is -0.610. The van der Waals surface area contributed by atoms with E-state index in [0.29, 0.717) is 6.04 Å². The third-order valence-corrected chi connectivity index (χ3v) is 3.52. The number of carbonyl (C=O) groups is 1. The molecule has 1 aliphatic rings. The van der Waals surface area contributed by atoms with Crippen molar-refractivity contribution in [3.8, 4) is 0 Å². The number of rotatable bonds is 4. The van der Waals surface area contributed by atoms with Gasteiger partial charge < -0.3 is 9.64 Å². The minimum absolute atomic E-state index is 0.107. The van der Waals surface area contributed by atoms with Gasteiger partial charge in [0, 0.05) is 12.6 Å². The van der Waals surface area contributed by atoms with Crippen molar-refractivity contribution in [2.24, 2.45) is 0 Å². The van der Waals surface area contributed by atoms with Gasteiger partial charge in [-0.05, 0) is 46.2 Å². The Kier molecular flexibility index (Phi) is 5.40. The van der Waals surface area contributed by atoms with E-state index in [-0.39, 0.29) is 5.97 Å². The van der Waals surface area contributed by atoms with Crippen molar-refractivity contribution in [3.63, 3.8) is 0 Å². The Bertz CT molecular complexity index is 256. The maximum Gasteiger partial charge on any atom is 0.326 e. The number of carbonyl (C=O) groups excluding carboxylic acids is 1. The summed E-state index contributed by atoms with van der Waals surface area (Å²) in [6.45, 7) is 9.42. The summed E-state index contributed by atoms with van der Waals surface area (Å²) < 4.78 is 5.00. The molecule has 1 heterocycles. The summed E-state index contributed by atoms with van der Waals surface area (Å²) in [6, 6.07) is 0.294. The predicted octanol–water partition coefficient (Wildman–Crippen LogP) is 1.40. The molecule has 1 atom stereocenters. The third kappa shape index (κ3) is 3.68. The number of nitrogens with zero attached hydrogens (tertiary/aromatic N) is 1. The SMILES string of the molecule is CCN1CCCC(NC(C)C)(C(=O)OC)CC1. The molecule has 0 aromatic rings. The summed E-state index contributed by atoms with van der Waals surface area (Å²) in [5, 5.41) is 3.43. The second-order valence-corrected chi connectivity index (χ2v) is 5.16. The molecule has 100 valence electrons. The van der Waals surface area contributed by atoms with Gasteiger partial charge in [-0.1, -0.05) is 6.92 Å². The second kappa shape index (κ2) is 6.36. The normalized spacial score (nSPS) is 26.9. The lowest BCUT2D eigenvalue weighted by atomic mass is 9.89. The van der Waals surface area contributed by atoms with Crippen LogP contribution in [0.3, 0.4) is 0 Å². The molecule has 1 N–H and O–H groups in total. The molecule has 0 spiro atoms. The maximum atomic E-state index is 12.1. The van der Waals surface area contributed by atoms with Crippen LogP contribution in [0, 0.1) is 0 Å². The Morgan fingerprint density at radius 3 is 2.65 bits per heavy atom. The van der Waals surface area contributed by atoms with Gasteiger partial charge in [-0.2, -0.15) is 0 Å². The molecule has 1 fully saturated rings. The number of methoxy groups -OCH3 is 1. The summed E-state index contributed by atoms with van der Waals surface area (Å²) >= 11 is 0. The Morgan fingerprint density at radius 1 is 1.41 bits per heavy atom. The van der Waals surface area contributed by atoms with E-state index in [1.807, 2.05) is 0 Å². The van der Waals surface area contributed by atoms with E-state index in [9.17, 15) is 4.79 Å². The molecule has 1 aliphatic heterocycles. The van der Waals surface area contributed by atoms with Crippen LogP contribution >= 0.6 is 0 Å². The van der Waals surface area contributed by atoms with Crippen molar-refractivity contribution >= 4 is 5.97 Å². The topological polar surface area (TPSA) is 41.6 Å². The van der Waals surface area contributed by atoms with Crippen LogP contribution in [0.2, 0.25) is 0 Å². The van der Waals surface area contributed by atoms with E-state index >= 15 is 0 Å². The number of nitrogens with one attached hydrogen (secondary N) is 1. The summed E-state index contributed by atoms with van der Waals surface area (Å²) in [7, 11) is 1.48. The highest BCUT2D eigenvalue weighted by atomic mass is 16.5. The van der Waals surface area contributed by atoms with Gasteiger partial charge in [0.25, 0.3) is 0 Å². The van der Waals surface area contributed by atoms with Gasteiger partial charge >= 0.3 is 5.97 Å². The van der Waals surface area contributed by atoms with Gasteiger partial charge in [-0.15, -0.1) is 0 Å². The van der Waals surface area contributed by atoms with Crippen LogP contribution < -0.4 is 5.32 Å². The van der Waals surface area contributed by atoms with E-state index < -0.39 is 5.54 Å². The number of esters is 1. The molecule has 0 radical (unpaired) electrons.